The first kappa shape index (κ1) is 25.6. The molecule has 0 N–H and O–H groups in total. The Bertz CT molecular complexity index is 1240. The van der Waals surface area contributed by atoms with Crippen LogP contribution < -0.4 is 39.9 Å². The fraction of sp³-hybridized carbons (Fsp3) is 0.161. The lowest BCUT2D eigenvalue weighted by Crippen LogP contribution is -3.00. The fourth-order valence-electron chi connectivity index (χ4n) is 5.06. The fourth-order valence-corrected chi connectivity index (χ4v) is 9.47. The minimum absolute atomic E-state index is 0. The van der Waals surface area contributed by atoms with E-state index in [1.807, 2.05) is 12.1 Å². The van der Waals surface area contributed by atoms with Gasteiger partial charge >= 0.3 is 0 Å². The summed E-state index contributed by atoms with van der Waals surface area (Å²) in [5, 5.41) is 5.32. The van der Waals surface area contributed by atoms with E-state index < -0.39 is 7.26 Å². The zero-order chi connectivity index (χ0) is 23.2. The molecule has 0 unspecified atom stereocenters. The van der Waals surface area contributed by atoms with Crippen LogP contribution in [0.15, 0.2) is 121 Å². The number of hydrogen-bond donors (Lipinski definition) is 0. The maximum Gasteiger partial charge on any atom is 0.123 e. The Morgan fingerprint density at radius 1 is 0.600 bits per heavy atom. The molecule has 0 aliphatic heterocycles. The van der Waals surface area contributed by atoms with Gasteiger partial charge in [-0.1, -0.05) is 54.6 Å². The monoisotopic (exact) mass is 593 g/mol. The molecule has 0 bridgehead atoms. The van der Waals surface area contributed by atoms with Crippen LogP contribution in [-0.4, -0.2) is 10.7 Å². The predicted octanol–water partition coefficient (Wildman–Crippen LogP) is 3.95. The van der Waals surface area contributed by atoms with Gasteiger partial charge in [0.25, 0.3) is 0 Å². The highest BCUT2D eigenvalue weighted by molar-refractivity contribution is 7.95. The standard InChI is InChI=1S/C31H30FNP.HI/c32-27-19-20-31-26(25-27)21-23-33(31)22-11-4-12-24-34(28-13-5-1-6-14-28,29-15-7-2-8-16-29)30-17-9-3-10-18-30;/h1-3,5-10,13-21,23,25H,4,11-12,22,24H2;1H/q+1;/p-1. The first-order valence-electron chi connectivity index (χ1n) is 12.1. The Balaban J connectivity index is 0.00000289. The Morgan fingerprint density at radius 2 is 1.14 bits per heavy atom. The highest BCUT2D eigenvalue weighted by Gasteiger charge is 2.44. The van der Waals surface area contributed by atoms with Crippen LogP contribution in [0.4, 0.5) is 4.39 Å². The number of nitrogens with zero attached hydrogens (tertiary/aromatic N) is 1. The first-order chi connectivity index (χ1) is 16.8. The summed E-state index contributed by atoms with van der Waals surface area (Å²) >= 11 is 0. The van der Waals surface area contributed by atoms with Gasteiger partial charge in [0.05, 0.1) is 6.16 Å². The molecule has 35 heavy (non-hydrogen) atoms. The second kappa shape index (κ2) is 12.0. The Kier molecular flexibility index (Phi) is 8.75. The largest absolute Gasteiger partial charge is 1.00 e. The molecule has 5 rings (SSSR count). The van der Waals surface area contributed by atoms with Crippen LogP contribution >= 0.6 is 7.26 Å². The van der Waals surface area contributed by atoms with Crippen molar-refractivity contribution in [3.63, 3.8) is 0 Å². The van der Waals surface area contributed by atoms with Crippen LogP contribution in [0.3, 0.4) is 0 Å². The van der Waals surface area contributed by atoms with Crippen LogP contribution in [0, 0.1) is 5.82 Å². The van der Waals surface area contributed by atoms with E-state index in [4.69, 9.17) is 0 Å². The molecule has 0 radical (unpaired) electrons. The molecule has 0 amide bonds. The minimum Gasteiger partial charge on any atom is -1.00 e. The second-order valence-electron chi connectivity index (χ2n) is 8.81. The molecule has 178 valence electrons. The minimum atomic E-state index is -1.75. The van der Waals surface area contributed by atoms with Gasteiger partial charge in [0.1, 0.15) is 29.0 Å². The predicted molar refractivity (Wildman–Crippen MR) is 146 cm³/mol. The molecule has 0 spiro atoms. The van der Waals surface area contributed by atoms with E-state index in [9.17, 15) is 4.39 Å². The van der Waals surface area contributed by atoms with Crippen molar-refractivity contribution in [2.75, 3.05) is 6.16 Å². The van der Waals surface area contributed by atoms with Crippen molar-refractivity contribution in [1.29, 1.82) is 0 Å². The van der Waals surface area contributed by atoms with E-state index in [-0.39, 0.29) is 29.8 Å². The molecule has 0 saturated carbocycles. The molecule has 5 aromatic rings. The molecular formula is C31H30FINP. The summed E-state index contributed by atoms with van der Waals surface area (Å²) in [6.45, 7) is 0.961. The Labute approximate surface area is 225 Å². The molecule has 0 fully saturated rings. The van der Waals surface area contributed by atoms with Gasteiger partial charge in [-0.05, 0) is 79.9 Å². The van der Waals surface area contributed by atoms with E-state index in [0.29, 0.717) is 0 Å². The van der Waals surface area contributed by atoms with Crippen LogP contribution in [0.25, 0.3) is 10.9 Å². The van der Waals surface area contributed by atoms with E-state index in [1.54, 1.807) is 12.1 Å². The van der Waals surface area contributed by atoms with Crippen molar-refractivity contribution in [2.24, 2.45) is 0 Å². The number of aromatic nitrogens is 1. The van der Waals surface area contributed by atoms with Gasteiger partial charge in [0.15, 0.2) is 0 Å². The van der Waals surface area contributed by atoms with Crippen LogP contribution in [0.1, 0.15) is 19.3 Å². The van der Waals surface area contributed by atoms with Gasteiger partial charge in [0.2, 0.25) is 0 Å². The molecule has 4 heteroatoms. The molecule has 1 aromatic heterocycles. The van der Waals surface area contributed by atoms with Gasteiger partial charge in [-0.3, -0.25) is 0 Å². The SMILES string of the molecule is Fc1ccc2c(ccn2CCCCC[P+](c2ccccc2)(c2ccccc2)c2ccccc2)c1.[I-]. The van der Waals surface area contributed by atoms with Crippen molar-refractivity contribution >= 4 is 34.1 Å². The highest BCUT2D eigenvalue weighted by Crippen LogP contribution is 2.55. The van der Waals surface area contributed by atoms with Crippen molar-refractivity contribution in [2.45, 2.75) is 25.8 Å². The number of unbranched alkanes of at least 4 members (excludes halogenated alkanes) is 2. The normalized spacial score (nSPS) is 11.3. The summed E-state index contributed by atoms with van der Waals surface area (Å²) in [4.78, 5) is 0. The molecule has 4 aromatic carbocycles. The maximum absolute atomic E-state index is 13.5. The molecule has 0 aliphatic carbocycles. The Hall–Kier alpha value is -2.49. The van der Waals surface area contributed by atoms with Crippen molar-refractivity contribution in [3.8, 4) is 0 Å². The smallest absolute Gasteiger partial charge is 0.123 e. The lowest BCUT2D eigenvalue weighted by atomic mass is 10.2. The Morgan fingerprint density at radius 3 is 1.69 bits per heavy atom. The lowest BCUT2D eigenvalue weighted by molar-refractivity contribution is -0.00000723. The van der Waals surface area contributed by atoms with Crippen molar-refractivity contribution < 1.29 is 28.4 Å². The van der Waals surface area contributed by atoms with Crippen LogP contribution in [0.5, 0.6) is 0 Å². The lowest BCUT2D eigenvalue weighted by Gasteiger charge is -2.27. The third-order valence-corrected chi connectivity index (χ3v) is 11.2. The quantitative estimate of drug-likeness (QED) is 0.139. The molecule has 0 saturated heterocycles. The van der Waals surface area contributed by atoms with Crippen LogP contribution in [-0.2, 0) is 6.54 Å². The van der Waals surface area contributed by atoms with Gasteiger partial charge < -0.3 is 28.5 Å². The second-order valence-corrected chi connectivity index (χ2v) is 12.4. The summed E-state index contributed by atoms with van der Waals surface area (Å²) in [5.74, 6) is -0.173. The average Bonchev–Trinajstić information content (AvgIpc) is 3.30. The highest BCUT2D eigenvalue weighted by atomic mass is 127. The van der Waals surface area contributed by atoms with Gasteiger partial charge in [-0.15, -0.1) is 0 Å². The first-order valence-corrected chi connectivity index (χ1v) is 14.0. The molecule has 0 aliphatic rings. The summed E-state index contributed by atoms with van der Waals surface area (Å²) < 4.78 is 15.8. The summed E-state index contributed by atoms with van der Waals surface area (Å²) in [5.41, 5.74) is 1.11. The van der Waals surface area contributed by atoms with Crippen molar-refractivity contribution in [3.05, 3.63) is 127 Å². The molecular weight excluding hydrogens is 563 g/mol. The number of fused-ring (bicyclic) bond motifs is 1. The molecule has 1 nitrogen and oxygen atoms in total. The van der Waals surface area contributed by atoms with E-state index in [2.05, 4.69) is 102 Å². The number of benzene rings is 4. The number of rotatable bonds is 9. The van der Waals surface area contributed by atoms with Crippen LogP contribution in [0.2, 0.25) is 0 Å². The third kappa shape index (κ3) is 5.52. The third-order valence-electron chi connectivity index (χ3n) is 6.72. The van der Waals surface area contributed by atoms with E-state index in [0.717, 1.165) is 36.5 Å². The van der Waals surface area contributed by atoms with Gasteiger partial charge in [-0.25, -0.2) is 4.39 Å². The molecule has 0 atom stereocenters. The molecule has 1 heterocycles. The number of halogens is 2. The number of aryl methyl sites for hydroxylation is 1. The summed E-state index contributed by atoms with van der Waals surface area (Å²) in [6.07, 6.45) is 6.68. The summed E-state index contributed by atoms with van der Waals surface area (Å²) in [7, 11) is -1.75. The maximum atomic E-state index is 13.5. The summed E-state index contributed by atoms with van der Waals surface area (Å²) in [6, 6.07) is 40.4. The van der Waals surface area contributed by atoms with Crippen molar-refractivity contribution in [1.82, 2.24) is 4.57 Å². The van der Waals surface area contributed by atoms with E-state index in [1.165, 1.54) is 22.3 Å². The zero-order valence-electron chi connectivity index (χ0n) is 19.7. The number of hydrogen-bond acceptors (Lipinski definition) is 0. The van der Waals surface area contributed by atoms with Gasteiger partial charge in [0, 0.05) is 23.6 Å². The average molecular weight is 593 g/mol. The van der Waals surface area contributed by atoms with E-state index >= 15 is 0 Å². The zero-order valence-corrected chi connectivity index (χ0v) is 22.8. The topological polar surface area (TPSA) is 4.93 Å². The van der Waals surface area contributed by atoms with Gasteiger partial charge in [-0.2, -0.15) is 0 Å².